The van der Waals surface area contributed by atoms with Gasteiger partial charge in [-0.05, 0) is 96.3 Å². The van der Waals surface area contributed by atoms with Crippen LogP contribution in [0.2, 0.25) is 0 Å². The highest BCUT2D eigenvalue weighted by Gasteiger charge is 2.19. The van der Waals surface area contributed by atoms with Crippen molar-refractivity contribution < 1.29 is 28.6 Å². The number of esters is 3. The summed E-state index contributed by atoms with van der Waals surface area (Å²) in [4.78, 5) is 38.3. The first kappa shape index (κ1) is 69.1. The Bertz CT molecular complexity index is 1490. The molecule has 0 bridgehead atoms. The lowest BCUT2D eigenvalue weighted by Crippen LogP contribution is -2.30. The van der Waals surface area contributed by atoms with Gasteiger partial charge in [0.1, 0.15) is 13.2 Å². The zero-order valence-corrected chi connectivity index (χ0v) is 47.6. The second kappa shape index (κ2) is 60.6. The second-order valence-electron chi connectivity index (χ2n) is 20.0. The maximum Gasteiger partial charge on any atom is 0.306 e. The first-order chi connectivity index (χ1) is 36.0. The Morgan fingerprint density at radius 1 is 0.301 bits per heavy atom. The van der Waals surface area contributed by atoms with Crippen molar-refractivity contribution >= 4 is 17.9 Å². The number of rotatable bonds is 54. The molecular formula is C67H112O6. The van der Waals surface area contributed by atoms with Crippen LogP contribution >= 0.6 is 0 Å². The standard InChI is InChI=1S/C67H112O6/c1-4-7-10-13-16-19-22-25-28-31-34-37-39-42-45-48-51-54-57-60-66(69)72-63-64(73-67(70)61-58-55-52-49-46-43-40-36-33-30-27-24-21-18-15-12-9-6-3)62-71-65(68)59-56-53-50-47-44-41-38-35-32-29-26-23-20-17-14-11-8-5-2/h7,10,12,15-16,18-19,21,24-25,27-28,30,33,35-36,38,40,64H,4-6,8-9,11,13-14,17,20,22-23,26,29,31-32,34,37,39,41-63H2,1-3H3/b10-7-,15-12-,19-16-,21-18-,27-24-,28-25-,33-30-,38-35-,40-36-. The molecule has 0 spiro atoms. The van der Waals surface area contributed by atoms with E-state index in [1.54, 1.807) is 0 Å². The monoisotopic (exact) mass is 1010 g/mol. The zero-order valence-electron chi connectivity index (χ0n) is 47.6. The van der Waals surface area contributed by atoms with E-state index in [-0.39, 0.29) is 31.1 Å². The Morgan fingerprint density at radius 3 is 1.03 bits per heavy atom. The molecule has 0 heterocycles. The van der Waals surface area contributed by atoms with Gasteiger partial charge in [0, 0.05) is 19.3 Å². The van der Waals surface area contributed by atoms with Crippen molar-refractivity contribution in [3.63, 3.8) is 0 Å². The summed E-state index contributed by atoms with van der Waals surface area (Å²) in [6.07, 6.45) is 82.2. The fourth-order valence-electron chi connectivity index (χ4n) is 8.31. The molecule has 0 aromatic rings. The summed E-state index contributed by atoms with van der Waals surface area (Å²) in [5, 5.41) is 0. The van der Waals surface area contributed by atoms with Crippen LogP contribution in [0.15, 0.2) is 109 Å². The minimum atomic E-state index is -0.801. The predicted octanol–water partition coefficient (Wildman–Crippen LogP) is 20.7. The number of hydrogen-bond acceptors (Lipinski definition) is 6. The lowest BCUT2D eigenvalue weighted by molar-refractivity contribution is -0.167. The minimum absolute atomic E-state index is 0.0952. The molecule has 0 aliphatic carbocycles. The van der Waals surface area contributed by atoms with Gasteiger partial charge in [-0.25, -0.2) is 0 Å². The van der Waals surface area contributed by atoms with E-state index in [1.807, 2.05) is 24.3 Å². The predicted molar refractivity (Wildman–Crippen MR) is 316 cm³/mol. The van der Waals surface area contributed by atoms with Crippen LogP contribution in [-0.2, 0) is 28.6 Å². The normalized spacial score (nSPS) is 12.9. The van der Waals surface area contributed by atoms with Gasteiger partial charge < -0.3 is 14.2 Å². The van der Waals surface area contributed by atoms with Gasteiger partial charge >= 0.3 is 17.9 Å². The average Bonchev–Trinajstić information content (AvgIpc) is 3.39. The summed E-state index contributed by atoms with van der Waals surface area (Å²) < 4.78 is 16.9. The van der Waals surface area contributed by atoms with Gasteiger partial charge in [0.15, 0.2) is 6.10 Å². The summed E-state index contributed by atoms with van der Waals surface area (Å²) in [6, 6.07) is 0. The summed E-state index contributed by atoms with van der Waals surface area (Å²) in [6.45, 7) is 6.43. The molecule has 0 saturated carbocycles. The lowest BCUT2D eigenvalue weighted by Gasteiger charge is -2.18. The van der Waals surface area contributed by atoms with Crippen molar-refractivity contribution in [1.82, 2.24) is 0 Å². The van der Waals surface area contributed by atoms with E-state index < -0.39 is 6.10 Å². The third-order valence-electron chi connectivity index (χ3n) is 12.8. The molecule has 0 aromatic carbocycles. The number of allylic oxidation sites excluding steroid dienone is 18. The Balaban J connectivity index is 4.46. The largest absolute Gasteiger partial charge is 0.462 e. The van der Waals surface area contributed by atoms with Gasteiger partial charge in [-0.1, -0.05) is 271 Å². The van der Waals surface area contributed by atoms with Crippen LogP contribution < -0.4 is 0 Å². The van der Waals surface area contributed by atoms with E-state index in [9.17, 15) is 14.4 Å². The van der Waals surface area contributed by atoms with Gasteiger partial charge in [0.2, 0.25) is 0 Å². The van der Waals surface area contributed by atoms with Crippen molar-refractivity contribution in [1.29, 1.82) is 0 Å². The van der Waals surface area contributed by atoms with E-state index in [2.05, 4.69) is 106 Å². The lowest BCUT2D eigenvalue weighted by atomic mass is 10.1. The third kappa shape index (κ3) is 58.8. The molecule has 416 valence electrons. The maximum absolute atomic E-state index is 12.9. The molecule has 0 amide bonds. The smallest absolute Gasteiger partial charge is 0.306 e. The van der Waals surface area contributed by atoms with Gasteiger partial charge in [-0.3, -0.25) is 14.4 Å². The van der Waals surface area contributed by atoms with E-state index in [1.165, 1.54) is 128 Å². The number of carbonyl (C=O) groups is 3. The zero-order chi connectivity index (χ0) is 52.9. The highest BCUT2D eigenvalue weighted by atomic mass is 16.6. The maximum atomic E-state index is 12.9. The van der Waals surface area contributed by atoms with Crippen LogP contribution in [0.1, 0.15) is 278 Å². The highest BCUT2D eigenvalue weighted by Crippen LogP contribution is 2.15. The van der Waals surface area contributed by atoms with E-state index in [4.69, 9.17) is 14.2 Å². The Labute approximate surface area is 450 Å². The molecule has 1 unspecified atom stereocenters. The quantitative estimate of drug-likeness (QED) is 0.0199. The molecule has 0 aliphatic rings. The van der Waals surface area contributed by atoms with E-state index in [0.29, 0.717) is 19.3 Å². The molecule has 6 heteroatoms. The molecule has 0 saturated heterocycles. The molecular weight excluding hydrogens is 901 g/mol. The molecule has 0 aliphatic heterocycles. The second-order valence-corrected chi connectivity index (χ2v) is 20.0. The summed E-state index contributed by atoms with van der Waals surface area (Å²) in [7, 11) is 0. The molecule has 6 nitrogen and oxygen atoms in total. The van der Waals surface area contributed by atoms with E-state index >= 15 is 0 Å². The van der Waals surface area contributed by atoms with Crippen molar-refractivity contribution in [3.05, 3.63) is 109 Å². The van der Waals surface area contributed by atoms with Crippen LogP contribution in [0.3, 0.4) is 0 Å². The molecule has 0 fully saturated rings. The molecule has 73 heavy (non-hydrogen) atoms. The van der Waals surface area contributed by atoms with Crippen molar-refractivity contribution in [3.8, 4) is 0 Å². The van der Waals surface area contributed by atoms with Crippen LogP contribution in [0.25, 0.3) is 0 Å². The fraction of sp³-hybridized carbons (Fsp3) is 0.687. The van der Waals surface area contributed by atoms with Crippen LogP contribution in [0, 0.1) is 0 Å². The van der Waals surface area contributed by atoms with Gasteiger partial charge in [0.05, 0.1) is 0 Å². The minimum Gasteiger partial charge on any atom is -0.462 e. The van der Waals surface area contributed by atoms with Gasteiger partial charge in [-0.2, -0.15) is 0 Å². The van der Waals surface area contributed by atoms with Crippen LogP contribution in [-0.4, -0.2) is 37.2 Å². The number of unbranched alkanes of at least 4 members (excludes halogenated alkanes) is 29. The Hall–Kier alpha value is -3.93. The first-order valence-electron chi connectivity index (χ1n) is 30.5. The molecule has 1 atom stereocenters. The van der Waals surface area contributed by atoms with Gasteiger partial charge in [-0.15, -0.1) is 0 Å². The average molecular weight is 1010 g/mol. The topological polar surface area (TPSA) is 78.9 Å². The van der Waals surface area contributed by atoms with Crippen molar-refractivity contribution in [2.24, 2.45) is 0 Å². The molecule has 0 aromatic heterocycles. The first-order valence-corrected chi connectivity index (χ1v) is 30.5. The summed E-state index contributed by atoms with van der Waals surface area (Å²) in [5.41, 5.74) is 0. The summed E-state index contributed by atoms with van der Waals surface area (Å²) >= 11 is 0. The van der Waals surface area contributed by atoms with Crippen LogP contribution in [0.5, 0.6) is 0 Å². The highest BCUT2D eigenvalue weighted by molar-refractivity contribution is 5.71. The third-order valence-corrected chi connectivity index (χ3v) is 12.8. The van der Waals surface area contributed by atoms with Crippen molar-refractivity contribution in [2.45, 2.75) is 284 Å². The van der Waals surface area contributed by atoms with E-state index in [0.717, 1.165) is 109 Å². The number of hydrogen-bond donors (Lipinski definition) is 0. The summed E-state index contributed by atoms with van der Waals surface area (Å²) in [5.74, 6) is -0.928. The number of ether oxygens (including phenoxy) is 3. The molecule has 0 rings (SSSR count). The molecule has 0 radical (unpaired) electrons. The van der Waals surface area contributed by atoms with Gasteiger partial charge in [0.25, 0.3) is 0 Å². The fourth-order valence-corrected chi connectivity index (χ4v) is 8.31. The Kier molecular flexibility index (Phi) is 57.4. The number of carbonyl (C=O) groups excluding carboxylic acids is 3. The Morgan fingerprint density at radius 2 is 0.616 bits per heavy atom. The SMILES string of the molecule is CC/C=C\C/C=C\C/C=C\CCCCCCCCCCCC(=O)OCC(COC(=O)CCCCCCC/C=C\CCCCCCCCCCC)OC(=O)CCCCCCC\C=C/C=C\C=C/C=C\C=C/CCC. The van der Waals surface area contributed by atoms with Crippen molar-refractivity contribution in [2.75, 3.05) is 13.2 Å². The van der Waals surface area contributed by atoms with Crippen LogP contribution in [0.4, 0.5) is 0 Å². The molecule has 0 N–H and O–H groups in total.